The summed E-state index contributed by atoms with van der Waals surface area (Å²) in [5.41, 5.74) is 1.25. The van der Waals surface area contributed by atoms with Gasteiger partial charge in [0.2, 0.25) is 0 Å². The second-order valence-corrected chi connectivity index (χ2v) is 4.64. The Morgan fingerprint density at radius 3 is 2.62 bits per heavy atom. The molecule has 0 saturated heterocycles. The SMILES string of the molecule is C[C@H](NC1=NCCCC1)c1ccc(Cl)cc1. The molecule has 16 heavy (non-hydrogen) atoms. The first kappa shape index (κ1) is 11.5. The van der Waals surface area contributed by atoms with Crippen LogP contribution >= 0.6 is 11.6 Å². The maximum atomic E-state index is 5.86. The van der Waals surface area contributed by atoms with E-state index in [1.165, 1.54) is 18.4 Å². The van der Waals surface area contributed by atoms with Crippen LogP contribution < -0.4 is 5.32 Å². The second-order valence-electron chi connectivity index (χ2n) is 4.20. The first-order valence-electron chi connectivity index (χ1n) is 5.81. The van der Waals surface area contributed by atoms with Gasteiger partial charge in [-0.3, -0.25) is 4.99 Å². The second kappa shape index (κ2) is 5.35. The van der Waals surface area contributed by atoms with Gasteiger partial charge in [0.1, 0.15) is 0 Å². The Kier molecular flexibility index (Phi) is 3.83. The summed E-state index contributed by atoms with van der Waals surface area (Å²) >= 11 is 5.86. The van der Waals surface area contributed by atoms with Crippen molar-refractivity contribution < 1.29 is 0 Å². The molecule has 1 atom stereocenters. The van der Waals surface area contributed by atoms with Crippen molar-refractivity contribution in [2.75, 3.05) is 6.54 Å². The molecule has 0 amide bonds. The van der Waals surface area contributed by atoms with E-state index in [9.17, 15) is 0 Å². The van der Waals surface area contributed by atoms with Crippen molar-refractivity contribution in [3.63, 3.8) is 0 Å². The van der Waals surface area contributed by atoms with E-state index in [1.54, 1.807) is 0 Å². The Morgan fingerprint density at radius 1 is 1.25 bits per heavy atom. The molecule has 2 nitrogen and oxygen atoms in total. The van der Waals surface area contributed by atoms with E-state index in [-0.39, 0.29) is 0 Å². The highest BCUT2D eigenvalue weighted by molar-refractivity contribution is 6.30. The number of hydrogen-bond donors (Lipinski definition) is 1. The third-order valence-corrected chi connectivity index (χ3v) is 3.13. The van der Waals surface area contributed by atoms with Crippen LogP contribution in [0.1, 0.15) is 37.8 Å². The number of rotatable bonds is 2. The summed E-state index contributed by atoms with van der Waals surface area (Å²) in [7, 11) is 0. The van der Waals surface area contributed by atoms with Crippen molar-refractivity contribution in [3.05, 3.63) is 34.9 Å². The lowest BCUT2D eigenvalue weighted by molar-refractivity contribution is 0.656. The maximum Gasteiger partial charge on any atom is 0.0967 e. The molecule has 2 rings (SSSR count). The lowest BCUT2D eigenvalue weighted by atomic mass is 10.1. The zero-order valence-electron chi connectivity index (χ0n) is 9.54. The van der Waals surface area contributed by atoms with Crippen LogP contribution in [-0.4, -0.2) is 12.4 Å². The summed E-state index contributed by atoms with van der Waals surface area (Å²) in [6.07, 6.45) is 3.55. The van der Waals surface area contributed by atoms with Gasteiger partial charge in [0.05, 0.1) is 5.84 Å². The van der Waals surface area contributed by atoms with Gasteiger partial charge in [0.25, 0.3) is 0 Å². The fourth-order valence-corrected chi connectivity index (χ4v) is 2.03. The Hall–Kier alpha value is -1.02. The molecule has 0 unspecified atom stereocenters. The maximum absolute atomic E-state index is 5.86. The molecule has 1 heterocycles. The quantitative estimate of drug-likeness (QED) is 0.834. The van der Waals surface area contributed by atoms with Crippen LogP contribution in [0.3, 0.4) is 0 Å². The summed E-state index contributed by atoms with van der Waals surface area (Å²) in [5.74, 6) is 1.15. The highest BCUT2D eigenvalue weighted by atomic mass is 35.5. The number of benzene rings is 1. The highest BCUT2D eigenvalue weighted by Gasteiger charge is 2.09. The van der Waals surface area contributed by atoms with Crippen molar-refractivity contribution in [2.45, 2.75) is 32.2 Å². The molecule has 0 spiro atoms. The Bertz CT molecular complexity index is 370. The summed E-state index contributed by atoms with van der Waals surface area (Å²) in [6, 6.07) is 8.27. The Labute approximate surface area is 102 Å². The molecule has 1 aromatic carbocycles. The van der Waals surface area contributed by atoms with Gasteiger partial charge in [-0.1, -0.05) is 23.7 Å². The molecule has 86 valence electrons. The number of amidine groups is 1. The van der Waals surface area contributed by atoms with Gasteiger partial charge in [-0.15, -0.1) is 0 Å². The van der Waals surface area contributed by atoms with Crippen LogP contribution in [0, 0.1) is 0 Å². The van der Waals surface area contributed by atoms with Gasteiger partial charge in [-0.2, -0.15) is 0 Å². The third-order valence-electron chi connectivity index (χ3n) is 2.88. The number of nitrogens with zero attached hydrogens (tertiary/aromatic N) is 1. The molecule has 0 bridgehead atoms. The standard InChI is InChI=1S/C13H17ClN2/c1-10(11-5-7-12(14)8-6-11)16-13-4-2-3-9-15-13/h5-8,10H,2-4,9H2,1H3,(H,15,16)/t10-/m0/s1. The zero-order valence-corrected chi connectivity index (χ0v) is 10.3. The molecule has 0 radical (unpaired) electrons. The Balaban J connectivity index is 1.99. The van der Waals surface area contributed by atoms with Gasteiger partial charge < -0.3 is 5.32 Å². The molecule has 3 heteroatoms. The topological polar surface area (TPSA) is 24.4 Å². The molecule has 1 N–H and O–H groups in total. The van der Waals surface area contributed by atoms with Crippen molar-refractivity contribution >= 4 is 17.4 Å². The fourth-order valence-electron chi connectivity index (χ4n) is 1.90. The summed E-state index contributed by atoms with van der Waals surface area (Å²) in [6.45, 7) is 3.12. The molecule has 1 aromatic rings. The number of hydrogen-bond acceptors (Lipinski definition) is 2. The molecule has 1 aliphatic heterocycles. The van der Waals surface area contributed by atoms with Crippen LogP contribution in [0.15, 0.2) is 29.3 Å². The molecule has 1 aliphatic rings. The molecule has 0 aromatic heterocycles. The minimum Gasteiger partial charge on any atom is -0.367 e. The summed E-state index contributed by atoms with van der Waals surface area (Å²) < 4.78 is 0. The van der Waals surface area contributed by atoms with Gasteiger partial charge in [-0.25, -0.2) is 0 Å². The minimum absolute atomic E-state index is 0.300. The lowest BCUT2D eigenvalue weighted by Gasteiger charge is -2.19. The largest absolute Gasteiger partial charge is 0.367 e. The fraction of sp³-hybridized carbons (Fsp3) is 0.462. The lowest BCUT2D eigenvalue weighted by Crippen LogP contribution is -2.28. The Morgan fingerprint density at radius 2 is 2.00 bits per heavy atom. The van der Waals surface area contributed by atoms with Gasteiger partial charge in [-0.05, 0) is 37.5 Å². The molecular formula is C13H17ClN2. The van der Waals surface area contributed by atoms with E-state index in [2.05, 4.69) is 29.4 Å². The van der Waals surface area contributed by atoms with Gasteiger partial charge in [0, 0.05) is 24.0 Å². The van der Waals surface area contributed by atoms with E-state index in [0.29, 0.717) is 6.04 Å². The average molecular weight is 237 g/mol. The first-order chi connectivity index (χ1) is 7.75. The molecule has 0 fully saturated rings. The molecule has 0 saturated carbocycles. The monoisotopic (exact) mass is 236 g/mol. The normalized spacial score (nSPS) is 17.8. The van der Waals surface area contributed by atoms with Crippen LogP contribution in [-0.2, 0) is 0 Å². The van der Waals surface area contributed by atoms with Crippen molar-refractivity contribution in [2.24, 2.45) is 4.99 Å². The van der Waals surface area contributed by atoms with Gasteiger partial charge >= 0.3 is 0 Å². The zero-order chi connectivity index (χ0) is 11.4. The molecule has 0 aliphatic carbocycles. The van der Waals surface area contributed by atoms with Crippen LogP contribution in [0.5, 0.6) is 0 Å². The third kappa shape index (κ3) is 2.99. The summed E-state index contributed by atoms with van der Waals surface area (Å²) in [4.78, 5) is 4.49. The molecular weight excluding hydrogens is 220 g/mol. The van der Waals surface area contributed by atoms with Crippen molar-refractivity contribution in [1.29, 1.82) is 0 Å². The van der Waals surface area contributed by atoms with E-state index >= 15 is 0 Å². The van der Waals surface area contributed by atoms with Crippen LogP contribution in [0.25, 0.3) is 0 Å². The van der Waals surface area contributed by atoms with Crippen molar-refractivity contribution in [1.82, 2.24) is 5.32 Å². The summed E-state index contributed by atoms with van der Waals surface area (Å²) in [5, 5.41) is 4.24. The first-order valence-corrected chi connectivity index (χ1v) is 6.19. The smallest absolute Gasteiger partial charge is 0.0967 e. The number of halogens is 1. The average Bonchev–Trinajstić information content (AvgIpc) is 2.31. The van der Waals surface area contributed by atoms with E-state index in [0.717, 1.165) is 23.8 Å². The van der Waals surface area contributed by atoms with E-state index in [1.807, 2.05) is 12.1 Å². The highest BCUT2D eigenvalue weighted by Crippen LogP contribution is 2.17. The van der Waals surface area contributed by atoms with E-state index < -0.39 is 0 Å². The van der Waals surface area contributed by atoms with Crippen molar-refractivity contribution in [3.8, 4) is 0 Å². The predicted molar refractivity (Wildman–Crippen MR) is 69.2 cm³/mol. The van der Waals surface area contributed by atoms with Gasteiger partial charge in [0.15, 0.2) is 0 Å². The number of aliphatic imine (C=N–C) groups is 1. The predicted octanol–water partition coefficient (Wildman–Crippen LogP) is 3.57. The van der Waals surface area contributed by atoms with Crippen LogP contribution in [0.4, 0.5) is 0 Å². The minimum atomic E-state index is 0.300. The number of nitrogens with one attached hydrogen (secondary N) is 1. The van der Waals surface area contributed by atoms with E-state index in [4.69, 9.17) is 11.6 Å². The van der Waals surface area contributed by atoms with Crippen LogP contribution in [0.2, 0.25) is 5.02 Å².